The van der Waals surface area contributed by atoms with Crippen molar-refractivity contribution in [1.82, 2.24) is 20.1 Å². The summed E-state index contributed by atoms with van der Waals surface area (Å²) in [6.07, 6.45) is 2.93. The zero-order valence-electron chi connectivity index (χ0n) is 15.6. The topological polar surface area (TPSA) is 31.4 Å². The van der Waals surface area contributed by atoms with Gasteiger partial charge >= 0.3 is 0 Å². The summed E-state index contributed by atoms with van der Waals surface area (Å²) >= 11 is 3.52. The molecule has 3 heterocycles. The molecule has 138 valence electrons. The van der Waals surface area contributed by atoms with Gasteiger partial charge in [-0.2, -0.15) is 11.3 Å². The van der Waals surface area contributed by atoms with Crippen molar-refractivity contribution in [3.8, 4) is 0 Å². The van der Waals surface area contributed by atoms with Crippen LogP contribution in [0.5, 0.6) is 0 Å². The van der Waals surface area contributed by atoms with E-state index in [0.717, 1.165) is 19.5 Å². The Balaban J connectivity index is 1.56. The van der Waals surface area contributed by atoms with Gasteiger partial charge in [-0.05, 0) is 41.3 Å². The Morgan fingerprint density at radius 3 is 2.68 bits per heavy atom. The lowest BCUT2D eigenvalue weighted by Gasteiger charge is -2.38. The zero-order chi connectivity index (χ0) is 17.7. The number of nitrogens with one attached hydrogen (secondary N) is 1. The number of hydrogen-bond donors (Lipinski definition) is 1. The lowest BCUT2D eigenvalue weighted by atomic mass is 9.91. The van der Waals surface area contributed by atoms with Crippen molar-refractivity contribution in [3.05, 3.63) is 39.0 Å². The molecular weight excluding hydrogens is 348 g/mol. The van der Waals surface area contributed by atoms with Gasteiger partial charge in [-0.3, -0.25) is 0 Å². The molecule has 0 amide bonds. The maximum Gasteiger partial charge on any atom is 0.110 e. The predicted octanol–water partition coefficient (Wildman–Crippen LogP) is 3.35. The molecule has 1 fully saturated rings. The van der Waals surface area contributed by atoms with Crippen molar-refractivity contribution in [2.75, 3.05) is 46.3 Å². The number of hydrogen-bond acceptors (Lipinski definition) is 6. The van der Waals surface area contributed by atoms with Crippen LogP contribution >= 0.6 is 22.7 Å². The molecule has 0 bridgehead atoms. The van der Waals surface area contributed by atoms with Gasteiger partial charge in [0.15, 0.2) is 0 Å². The molecule has 1 saturated heterocycles. The third-order valence-electron chi connectivity index (χ3n) is 4.84. The molecule has 0 aromatic carbocycles. The van der Waals surface area contributed by atoms with Gasteiger partial charge in [0.05, 0.1) is 6.04 Å². The van der Waals surface area contributed by atoms with Gasteiger partial charge in [-0.1, -0.05) is 13.8 Å². The zero-order valence-corrected chi connectivity index (χ0v) is 17.2. The molecule has 4 nitrogen and oxygen atoms in total. The quantitative estimate of drug-likeness (QED) is 0.763. The first-order valence-electron chi connectivity index (χ1n) is 9.07. The Hall–Kier alpha value is -0.790. The van der Waals surface area contributed by atoms with Crippen LogP contribution in [0.15, 0.2) is 28.4 Å². The summed E-state index contributed by atoms with van der Waals surface area (Å²) in [4.78, 5) is 9.59. The van der Waals surface area contributed by atoms with E-state index < -0.39 is 0 Å². The molecule has 25 heavy (non-hydrogen) atoms. The largest absolute Gasteiger partial charge is 0.307 e. The van der Waals surface area contributed by atoms with E-state index in [2.05, 4.69) is 63.2 Å². The lowest BCUT2D eigenvalue weighted by Crippen LogP contribution is -2.49. The second-order valence-electron chi connectivity index (χ2n) is 7.88. The molecular formula is C19H30N4S2. The third-order valence-corrected chi connectivity index (χ3v) is 6.47. The van der Waals surface area contributed by atoms with Crippen LogP contribution in [0.4, 0.5) is 0 Å². The number of thiazole rings is 1. The van der Waals surface area contributed by atoms with Gasteiger partial charge in [-0.15, -0.1) is 11.3 Å². The fourth-order valence-electron chi connectivity index (χ4n) is 3.36. The van der Waals surface area contributed by atoms with Crippen LogP contribution < -0.4 is 5.32 Å². The average molecular weight is 379 g/mol. The van der Waals surface area contributed by atoms with Gasteiger partial charge in [0.25, 0.3) is 0 Å². The van der Waals surface area contributed by atoms with E-state index in [0.29, 0.717) is 6.04 Å². The molecule has 1 unspecified atom stereocenters. The number of thiophene rings is 1. The first kappa shape index (κ1) is 19.0. The minimum absolute atomic E-state index is 0.250. The Bertz CT molecular complexity index is 601. The minimum Gasteiger partial charge on any atom is -0.307 e. The summed E-state index contributed by atoms with van der Waals surface area (Å²) in [6.45, 7) is 11.6. The molecule has 3 rings (SSSR count). The standard InChI is InChI=1S/C19H30N4S2/c1-19(2,15-23-8-6-22(3)7-9-23)14-21-17(18-20-5-11-25-18)12-16-4-10-24-13-16/h4-5,10-11,13,17,21H,6-9,12,14-15H2,1-3H3. The van der Waals surface area contributed by atoms with E-state index in [1.807, 2.05) is 6.20 Å². The van der Waals surface area contributed by atoms with Crippen LogP contribution in [0, 0.1) is 5.41 Å². The number of aromatic nitrogens is 1. The predicted molar refractivity (Wildman–Crippen MR) is 109 cm³/mol. The van der Waals surface area contributed by atoms with Gasteiger partial charge in [-0.25, -0.2) is 4.98 Å². The molecule has 6 heteroatoms. The second-order valence-corrected chi connectivity index (χ2v) is 9.59. The first-order chi connectivity index (χ1) is 12.0. The highest BCUT2D eigenvalue weighted by molar-refractivity contribution is 7.09. The summed E-state index contributed by atoms with van der Waals surface area (Å²) in [6, 6.07) is 2.53. The molecule has 2 aromatic heterocycles. The van der Waals surface area contributed by atoms with Gasteiger partial charge < -0.3 is 15.1 Å². The number of nitrogens with zero attached hydrogens (tertiary/aromatic N) is 3. The van der Waals surface area contributed by atoms with Crippen LogP contribution in [0.2, 0.25) is 0 Å². The van der Waals surface area contributed by atoms with Crippen molar-refractivity contribution in [2.24, 2.45) is 5.41 Å². The molecule has 1 aliphatic heterocycles. The van der Waals surface area contributed by atoms with Crippen LogP contribution in [-0.2, 0) is 6.42 Å². The summed E-state index contributed by atoms with van der Waals surface area (Å²) in [5.41, 5.74) is 1.65. The van der Waals surface area contributed by atoms with Gasteiger partial charge in [0, 0.05) is 50.8 Å². The Kier molecular flexibility index (Phi) is 6.63. The van der Waals surface area contributed by atoms with E-state index in [1.165, 1.54) is 36.8 Å². The van der Waals surface area contributed by atoms with Gasteiger partial charge in [0.2, 0.25) is 0 Å². The smallest absolute Gasteiger partial charge is 0.110 e. The Labute approximate surface area is 159 Å². The average Bonchev–Trinajstić information content (AvgIpc) is 3.27. The van der Waals surface area contributed by atoms with Crippen molar-refractivity contribution < 1.29 is 0 Å². The van der Waals surface area contributed by atoms with Crippen molar-refractivity contribution in [1.29, 1.82) is 0 Å². The maximum atomic E-state index is 4.57. The monoisotopic (exact) mass is 378 g/mol. The molecule has 1 aliphatic rings. The van der Waals surface area contributed by atoms with E-state index >= 15 is 0 Å². The molecule has 0 saturated carbocycles. The van der Waals surface area contributed by atoms with E-state index in [4.69, 9.17) is 0 Å². The van der Waals surface area contributed by atoms with Crippen LogP contribution in [-0.4, -0.2) is 61.1 Å². The van der Waals surface area contributed by atoms with Crippen LogP contribution in [0.1, 0.15) is 30.5 Å². The molecule has 2 aromatic rings. The van der Waals surface area contributed by atoms with Crippen molar-refractivity contribution >= 4 is 22.7 Å². The molecule has 1 atom stereocenters. The fraction of sp³-hybridized carbons (Fsp3) is 0.632. The van der Waals surface area contributed by atoms with E-state index in [9.17, 15) is 0 Å². The highest BCUT2D eigenvalue weighted by Crippen LogP contribution is 2.24. The number of rotatable bonds is 8. The summed E-state index contributed by atoms with van der Waals surface area (Å²) < 4.78 is 0. The van der Waals surface area contributed by atoms with Crippen LogP contribution in [0.3, 0.4) is 0 Å². The molecule has 0 radical (unpaired) electrons. The summed E-state index contributed by atoms with van der Waals surface area (Å²) in [7, 11) is 2.22. The Morgan fingerprint density at radius 1 is 1.24 bits per heavy atom. The van der Waals surface area contributed by atoms with Crippen molar-refractivity contribution in [3.63, 3.8) is 0 Å². The van der Waals surface area contributed by atoms with E-state index in [-0.39, 0.29) is 5.41 Å². The first-order valence-corrected chi connectivity index (χ1v) is 10.9. The summed E-state index contributed by atoms with van der Waals surface area (Å²) in [5.74, 6) is 0. The third kappa shape index (κ3) is 5.86. The van der Waals surface area contributed by atoms with Crippen molar-refractivity contribution in [2.45, 2.75) is 26.3 Å². The maximum absolute atomic E-state index is 4.57. The SMILES string of the molecule is CN1CCN(CC(C)(C)CNC(Cc2ccsc2)c2nccs2)CC1. The fourth-order valence-corrected chi connectivity index (χ4v) is 4.76. The van der Waals surface area contributed by atoms with E-state index in [1.54, 1.807) is 22.7 Å². The number of likely N-dealkylation sites (N-methyl/N-ethyl adjacent to an activating group) is 1. The number of piperazine rings is 1. The highest BCUT2D eigenvalue weighted by Gasteiger charge is 2.26. The molecule has 0 spiro atoms. The summed E-state index contributed by atoms with van der Waals surface area (Å²) in [5, 5.41) is 11.5. The normalized spacial score (nSPS) is 18.5. The molecule has 1 N–H and O–H groups in total. The minimum atomic E-state index is 0.250. The Morgan fingerprint density at radius 2 is 2.04 bits per heavy atom. The highest BCUT2D eigenvalue weighted by atomic mass is 32.1. The lowest BCUT2D eigenvalue weighted by molar-refractivity contribution is 0.108. The van der Waals surface area contributed by atoms with Crippen LogP contribution in [0.25, 0.3) is 0 Å². The van der Waals surface area contributed by atoms with Gasteiger partial charge in [0.1, 0.15) is 5.01 Å². The second kappa shape index (κ2) is 8.73. The molecule has 0 aliphatic carbocycles.